The van der Waals surface area contributed by atoms with Gasteiger partial charge in [-0.15, -0.1) is 0 Å². The van der Waals surface area contributed by atoms with Crippen molar-refractivity contribution in [3.63, 3.8) is 0 Å². The van der Waals surface area contributed by atoms with E-state index in [0.29, 0.717) is 26.4 Å². The van der Waals surface area contributed by atoms with Crippen LogP contribution in [0, 0.1) is 0 Å². The topological polar surface area (TPSA) is 47.6 Å². The van der Waals surface area contributed by atoms with Crippen molar-refractivity contribution in [2.75, 3.05) is 26.4 Å². The summed E-state index contributed by atoms with van der Waals surface area (Å²) in [6.45, 7) is 2.14. The Morgan fingerprint density at radius 3 is 2.59 bits per heavy atom. The monoisotopic (exact) mass is 303 g/mol. The van der Waals surface area contributed by atoms with Gasteiger partial charge in [-0.05, 0) is 18.4 Å². The van der Waals surface area contributed by atoms with E-state index in [0.717, 1.165) is 12.8 Å². The summed E-state index contributed by atoms with van der Waals surface area (Å²) in [6, 6.07) is 10.6. The van der Waals surface area contributed by atoms with E-state index in [1.807, 2.05) is 6.07 Å². The van der Waals surface area contributed by atoms with E-state index in [2.05, 4.69) is 29.6 Å². The molecule has 1 saturated heterocycles. The van der Waals surface area contributed by atoms with Crippen molar-refractivity contribution in [1.29, 1.82) is 0 Å². The predicted molar refractivity (Wildman–Crippen MR) is 84.8 cm³/mol. The number of amides is 1. The van der Waals surface area contributed by atoms with Crippen molar-refractivity contribution >= 4 is 5.91 Å². The maximum atomic E-state index is 12.3. The molecule has 1 N–H and O–H groups in total. The number of benzene rings is 1. The fourth-order valence-electron chi connectivity index (χ4n) is 3.60. The van der Waals surface area contributed by atoms with Crippen LogP contribution in [-0.2, 0) is 19.7 Å². The Kier molecular flexibility index (Phi) is 5.11. The molecule has 4 heteroatoms. The smallest absolute Gasteiger partial charge is 0.251 e. The molecule has 0 spiro atoms. The first-order valence-corrected chi connectivity index (χ1v) is 8.33. The van der Waals surface area contributed by atoms with Crippen molar-refractivity contribution in [1.82, 2.24) is 5.32 Å². The number of carbonyl (C=O) groups excluding carboxylic acids is 1. The summed E-state index contributed by atoms with van der Waals surface area (Å²) in [7, 11) is 0. The predicted octanol–water partition coefficient (Wildman–Crippen LogP) is 2.42. The maximum absolute atomic E-state index is 12.3. The van der Waals surface area contributed by atoms with Crippen molar-refractivity contribution in [3.05, 3.63) is 35.9 Å². The summed E-state index contributed by atoms with van der Waals surface area (Å²) in [6.07, 6.45) is 5.58. The highest BCUT2D eigenvalue weighted by Crippen LogP contribution is 2.38. The third kappa shape index (κ3) is 3.50. The van der Waals surface area contributed by atoms with Gasteiger partial charge in [-0.3, -0.25) is 4.79 Å². The summed E-state index contributed by atoms with van der Waals surface area (Å²) >= 11 is 0. The average Bonchev–Trinajstić information content (AvgIpc) is 2.62. The number of rotatable bonds is 4. The number of hydrogen-bond donors (Lipinski definition) is 1. The van der Waals surface area contributed by atoms with Gasteiger partial charge in [-0.1, -0.05) is 49.6 Å². The van der Waals surface area contributed by atoms with Gasteiger partial charge in [0, 0.05) is 12.0 Å². The Hall–Kier alpha value is -1.39. The minimum absolute atomic E-state index is 0.0411. The van der Waals surface area contributed by atoms with E-state index in [1.165, 1.54) is 24.8 Å². The van der Waals surface area contributed by atoms with E-state index in [9.17, 15) is 4.79 Å². The van der Waals surface area contributed by atoms with E-state index < -0.39 is 6.10 Å². The molecule has 1 aromatic carbocycles. The lowest BCUT2D eigenvalue weighted by Gasteiger charge is -2.38. The second-order valence-corrected chi connectivity index (χ2v) is 6.36. The number of carbonyl (C=O) groups is 1. The van der Waals surface area contributed by atoms with Gasteiger partial charge in [-0.25, -0.2) is 0 Å². The zero-order valence-corrected chi connectivity index (χ0v) is 13.1. The van der Waals surface area contributed by atoms with Crippen molar-refractivity contribution in [2.45, 2.75) is 43.6 Å². The molecular formula is C18H25NO3. The normalized spacial score (nSPS) is 24.6. The zero-order chi connectivity index (χ0) is 15.3. The molecule has 0 aromatic heterocycles. The van der Waals surface area contributed by atoms with Crippen LogP contribution in [-0.4, -0.2) is 38.4 Å². The van der Waals surface area contributed by atoms with E-state index >= 15 is 0 Å². The van der Waals surface area contributed by atoms with E-state index in [-0.39, 0.29) is 11.3 Å². The molecule has 0 unspecified atom stereocenters. The highest BCUT2D eigenvalue weighted by molar-refractivity contribution is 5.81. The number of ether oxygens (including phenoxy) is 2. The molecule has 0 radical (unpaired) electrons. The van der Waals surface area contributed by atoms with E-state index in [1.54, 1.807) is 0 Å². The highest BCUT2D eigenvalue weighted by Gasteiger charge is 2.35. The van der Waals surface area contributed by atoms with Crippen molar-refractivity contribution < 1.29 is 14.3 Å². The molecule has 1 saturated carbocycles. The van der Waals surface area contributed by atoms with Gasteiger partial charge in [0.2, 0.25) is 0 Å². The first-order valence-electron chi connectivity index (χ1n) is 8.33. The van der Waals surface area contributed by atoms with Gasteiger partial charge in [0.1, 0.15) is 0 Å². The van der Waals surface area contributed by atoms with Crippen LogP contribution in [0.25, 0.3) is 0 Å². The van der Waals surface area contributed by atoms with Gasteiger partial charge in [0.05, 0.1) is 19.8 Å². The number of hydrogen-bond acceptors (Lipinski definition) is 3. The van der Waals surface area contributed by atoms with Gasteiger partial charge < -0.3 is 14.8 Å². The van der Waals surface area contributed by atoms with Gasteiger partial charge in [-0.2, -0.15) is 0 Å². The van der Waals surface area contributed by atoms with Gasteiger partial charge in [0.15, 0.2) is 6.10 Å². The Bertz CT molecular complexity index is 476. The summed E-state index contributed by atoms with van der Waals surface area (Å²) in [5.41, 5.74) is 1.42. The Morgan fingerprint density at radius 2 is 1.91 bits per heavy atom. The van der Waals surface area contributed by atoms with Crippen LogP contribution >= 0.6 is 0 Å². The molecule has 1 amide bonds. The third-order valence-electron chi connectivity index (χ3n) is 4.91. The maximum Gasteiger partial charge on any atom is 0.251 e. The Balaban J connectivity index is 1.67. The SMILES string of the molecule is O=C(NCC1(c2ccccc2)CCCCC1)[C@H]1COCCO1. The highest BCUT2D eigenvalue weighted by atomic mass is 16.6. The molecule has 0 bridgehead atoms. The van der Waals surface area contributed by atoms with Crippen LogP contribution < -0.4 is 5.32 Å². The molecule has 2 aliphatic rings. The van der Waals surface area contributed by atoms with Crippen molar-refractivity contribution in [2.24, 2.45) is 0 Å². The van der Waals surface area contributed by atoms with Gasteiger partial charge >= 0.3 is 0 Å². The lowest BCUT2D eigenvalue weighted by molar-refractivity contribution is -0.147. The zero-order valence-electron chi connectivity index (χ0n) is 13.1. The lowest BCUT2D eigenvalue weighted by Crippen LogP contribution is -2.48. The fourth-order valence-corrected chi connectivity index (χ4v) is 3.60. The summed E-state index contributed by atoms with van der Waals surface area (Å²) < 4.78 is 10.8. The molecule has 3 rings (SSSR count). The second-order valence-electron chi connectivity index (χ2n) is 6.36. The Morgan fingerprint density at radius 1 is 1.14 bits per heavy atom. The molecule has 1 heterocycles. The van der Waals surface area contributed by atoms with Gasteiger partial charge in [0.25, 0.3) is 5.91 Å². The fraction of sp³-hybridized carbons (Fsp3) is 0.611. The third-order valence-corrected chi connectivity index (χ3v) is 4.91. The van der Waals surface area contributed by atoms with E-state index in [4.69, 9.17) is 9.47 Å². The minimum atomic E-state index is -0.454. The standard InChI is InChI=1S/C18H25NO3/c20-17(16-13-21-11-12-22-16)19-14-18(9-5-2-6-10-18)15-7-3-1-4-8-15/h1,3-4,7-8,16H,2,5-6,9-14H2,(H,19,20)/t16-/m1/s1. The molecule has 120 valence electrons. The first kappa shape index (κ1) is 15.5. The largest absolute Gasteiger partial charge is 0.376 e. The number of nitrogens with one attached hydrogen (secondary N) is 1. The van der Waals surface area contributed by atoms with Crippen molar-refractivity contribution in [3.8, 4) is 0 Å². The molecular weight excluding hydrogens is 278 g/mol. The molecule has 22 heavy (non-hydrogen) atoms. The molecule has 4 nitrogen and oxygen atoms in total. The van der Waals surface area contributed by atoms with Crippen LogP contribution in [0.5, 0.6) is 0 Å². The lowest BCUT2D eigenvalue weighted by atomic mass is 9.69. The summed E-state index contributed by atoms with van der Waals surface area (Å²) in [5.74, 6) is -0.0411. The quantitative estimate of drug-likeness (QED) is 0.929. The van der Waals surface area contributed by atoms with Crippen LogP contribution in [0.1, 0.15) is 37.7 Å². The summed E-state index contributed by atoms with van der Waals surface area (Å²) in [4.78, 5) is 12.3. The molecule has 1 atom stereocenters. The second kappa shape index (κ2) is 7.25. The molecule has 1 aromatic rings. The average molecular weight is 303 g/mol. The minimum Gasteiger partial charge on any atom is -0.376 e. The molecule has 1 aliphatic heterocycles. The van der Waals surface area contributed by atoms with Crippen LogP contribution in [0.3, 0.4) is 0 Å². The molecule has 1 aliphatic carbocycles. The summed E-state index contributed by atoms with van der Waals surface area (Å²) in [5, 5.41) is 3.12. The van der Waals surface area contributed by atoms with Crippen LogP contribution in [0.4, 0.5) is 0 Å². The Labute approximate surface area is 132 Å². The van der Waals surface area contributed by atoms with Crippen LogP contribution in [0.15, 0.2) is 30.3 Å². The molecule has 2 fully saturated rings. The van der Waals surface area contributed by atoms with Crippen LogP contribution in [0.2, 0.25) is 0 Å². The first-order chi connectivity index (χ1) is 10.8.